The molecule has 2 aromatic carbocycles. The summed E-state index contributed by atoms with van der Waals surface area (Å²) in [5.74, 6) is -7.28. The molecule has 0 bridgehead atoms. The molecule has 0 saturated carbocycles. The van der Waals surface area contributed by atoms with Crippen molar-refractivity contribution in [2.24, 2.45) is 39.8 Å². The molecule has 0 aliphatic heterocycles. The largest absolute Gasteiger partial charge is 0.370 e. The molecule has 0 aliphatic carbocycles. The number of aromatic amines is 1. The van der Waals surface area contributed by atoms with Crippen LogP contribution in [0.1, 0.15) is 104 Å². The van der Waals surface area contributed by atoms with Crippen LogP contribution < -0.4 is 65.5 Å². The van der Waals surface area contributed by atoms with E-state index in [1.54, 1.807) is 27.0 Å². The van der Waals surface area contributed by atoms with Gasteiger partial charge in [0, 0.05) is 56.9 Å². The number of unbranched alkanes of at least 4 members (excludes halogenated alkanes) is 1. The number of aliphatic imine (C=N–C) groups is 1. The van der Waals surface area contributed by atoms with Crippen molar-refractivity contribution in [3.63, 3.8) is 0 Å². The summed E-state index contributed by atoms with van der Waals surface area (Å²) < 4.78 is 0. The molecule has 3 aromatic rings. The van der Waals surface area contributed by atoms with Gasteiger partial charge in [-0.1, -0.05) is 89.1 Å². The predicted octanol–water partition coefficient (Wildman–Crippen LogP) is -0.347. The lowest BCUT2D eigenvalue weighted by Crippen LogP contribution is -2.62. The van der Waals surface area contributed by atoms with Crippen molar-refractivity contribution in [2.75, 3.05) is 20.1 Å². The van der Waals surface area contributed by atoms with Crippen molar-refractivity contribution in [1.82, 2.24) is 47.5 Å². The van der Waals surface area contributed by atoms with Gasteiger partial charge in [-0.15, -0.1) is 0 Å². The molecule has 23 heteroatoms. The van der Waals surface area contributed by atoms with Crippen molar-refractivity contribution < 1.29 is 43.2 Å². The summed E-state index contributed by atoms with van der Waals surface area (Å²) in [5.41, 5.74) is 24.4. The van der Waals surface area contributed by atoms with Gasteiger partial charge in [0.05, 0.1) is 0 Å². The topological polar surface area (TPSA) is 382 Å². The second-order valence-electron chi connectivity index (χ2n) is 18.8. The Hall–Kier alpha value is -7.56. The molecule has 9 atom stereocenters. The quantitative estimate of drug-likeness (QED) is 0.0212. The number of primary amides is 1. The van der Waals surface area contributed by atoms with Crippen LogP contribution in [0.25, 0.3) is 10.9 Å². The van der Waals surface area contributed by atoms with E-state index in [1.807, 2.05) is 61.5 Å². The molecular weight excluding hydrogens is 965 g/mol. The van der Waals surface area contributed by atoms with Gasteiger partial charge in [-0.3, -0.25) is 48.1 Å². The maximum absolute atomic E-state index is 14.6. The molecule has 0 radical (unpaired) electrons. The monoisotopic (exact) mass is 1040 g/mol. The highest BCUT2D eigenvalue weighted by molar-refractivity contribution is 5.98. The Bertz CT molecular complexity index is 2410. The lowest BCUT2D eigenvalue weighted by atomic mass is 9.95. The molecule has 1 aromatic heterocycles. The molecule has 0 saturated heterocycles. The van der Waals surface area contributed by atoms with E-state index in [0.29, 0.717) is 31.2 Å². The highest BCUT2D eigenvalue weighted by Gasteiger charge is 2.37. The second-order valence-corrected chi connectivity index (χ2v) is 18.8. The Morgan fingerprint density at radius 3 is 1.63 bits per heavy atom. The molecule has 23 nitrogen and oxygen atoms in total. The first-order chi connectivity index (χ1) is 35.7. The number of fused-ring (bicyclic) bond motifs is 1. The summed E-state index contributed by atoms with van der Waals surface area (Å²) in [7, 11) is 1.46. The summed E-state index contributed by atoms with van der Waals surface area (Å²) in [5, 5.41) is 22.6. The van der Waals surface area contributed by atoms with E-state index in [4.69, 9.17) is 22.9 Å². The number of nitrogens with one attached hydrogen (secondary N) is 9. The third kappa shape index (κ3) is 20.7. The zero-order valence-corrected chi connectivity index (χ0v) is 44.1. The van der Waals surface area contributed by atoms with E-state index in [0.717, 1.165) is 16.5 Å². The minimum absolute atomic E-state index is 0.0126. The first-order valence-corrected chi connectivity index (χ1v) is 25.7. The highest BCUT2D eigenvalue weighted by Crippen LogP contribution is 2.20. The number of guanidine groups is 1. The molecule has 0 aliphatic rings. The SMILES string of the molecule is CCC(C)C(NC(=O)C(CCCCN)NC(=O)C(NC(=O)C(CCC(N)=O)NC(=O)C(CCCN=C(N)N)NC(C)=O)C(C)CC)C(=O)NC(Cc1c[nH]c2ccccc12)C(=O)NC(Cc1ccccc1)C(=O)NC. The number of amides is 9. The number of H-pyrrole nitrogens is 1. The number of aromatic nitrogens is 1. The van der Waals surface area contributed by atoms with E-state index in [2.05, 4.69) is 52.5 Å². The number of para-hydroxylation sites is 1. The summed E-state index contributed by atoms with van der Waals surface area (Å²) in [6.07, 6.45) is 3.49. The van der Waals surface area contributed by atoms with Gasteiger partial charge in [0.15, 0.2) is 5.96 Å². The van der Waals surface area contributed by atoms with Crippen LogP contribution in [-0.2, 0) is 56.0 Å². The van der Waals surface area contributed by atoms with Gasteiger partial charge in [0.2, 0.25) is 53.2 Å². The Balaban J connectivity index is 1.93. The molecule has 17 N–H and O–H groups in total. The van der Waals surface area contributed by atoms with Crippen molar-refractivity contribution in [2.45, 2.75) is 148 Å². The van der Waals surface area contributed by atoms with Gasteiger partial charge in [0.25, 0.3) is 0 Å². The average molecular weight is 1050 g/mol. The zero-order valence-electron chi connectivity index (χ0n) is 44.1. The summed E-state index contributed by atoms with van der Waals surface area (Å²) in [4.78, 5) is 130. The summed E-state index contributed by atoms with van der Waals surface area (Å²) in [6, 6.07) is 8.15. The average Bonchev–Trinajstić information content (AvgIpc) is 3.79. The highest BCUT2D eigenvalue weighted by atomic mass is 16.2. The standard InChI is InChI=1S/C52H80N14O9/c1-7-30(3)43(66-48(72)39(23-24-42(54)68)61-46(70)37(60-32(5)67)22-16-26-58-52(55)56)50(74)62-38(21-14-15-25-53)47(71)65-44(31(4)8-2)51(75)64-41(28-34-29-59-36-20-13-12-19-35(34)36)49(73)63-40(45(69)57-6)27-33-17-10-9-11-18-33/h9-13,17-20,29-31,37-41,43-44,59H,7-8,14-16,21-28,53H2,1-6H3,(H2,54,68)(H,57,69)(H,60,67)(H,61,70)(H,62,74)(H,63,73)(H,64,75)(H,65,71)(H,66,72)(H4,55,56,58). The Labute approximate surface area is 438 Å². The first-order valence-electron chi connectivity index (χ1n) is 25.7. The third-order valence-corrected chi connectivity index (χ3v) is 13.0. The van der Waals surface area contributed by atoms with Crippen molar-refractivity contribution in [1.29, 1.82) is 0 Å². The fraction of sp³-hybridized carbons (Fsp3) is 0.538. The number of hydrogen-bond acceptors (Lipinski definition) is 11. The van der Waals surface area contributed by atoms with Gasteiger partial charge in [-0.05, 0) is 74.1 Å². The van der Waals surface area contributed by atoms with Gasteiger partial charge < -0.3 is 70.5 Å². The molecule has 9 unspecified atom stereocenters. The van der Waals surface area contributed by atoms with E-state index in [-0.39, 0.29) is 64.0 Å². The van der Waals surface area contributed by atoms with Gasteiger partial charge in [0.1, 0.15) is 42.3 Å². The number of carbonyl (C=O) groups is 9. The Morgan fingerprint density at radius 2 is 1.07 bits per heavy atom. The fourth-order valence-electron chi connectivity index (χ4n) is 8.28. The van der Waals surface area contributed by atoms with Crippen LogP contribution in [0.2, 0.25) is 0 Å². The van der Waals surface area contributed by atoms with Crippen LogP contribution >= 0.6 is 0 Å². The predicted molar refractivity (Wildman–Crippen MR) is 286 cm³/mol. The zero-order chi connectivity index (χ0) is 55.6. The van der Waals surface area contributed by atoms with Crippen LogP contribution in [0.15, 0.2) is 65.8 Å². The van der Waals surface area contributed by atoms with Crippen LogP contribution in [0.4, 0.5) is 0 Å². The maximum atomic E-state index is 14.6. The van der Waals surface area contributed by atoms with Crippen molar-refractivity contribution in [3.8, 4) is 0 Å². The number of nitrogens with zero attached hydrogens (tertiary/aromatic N) is 1. The molecule has 1 heterocycles. The molecule has 9 amide bonds. The van der Waals surface area contributed by atoms with Crippen molar-refractivity contribution >= 4 is 70.0 Å². The molecular formula is C52H80N14O9. The number of benzene rings is 2. The lowest BCUT2D eigenvalue weighted by Gasteiger charge is -2.31. The van der Waals surface area contributed by atoms with Crippen LogP contribution in [-0.4, -0.2) is 127 Å². The first kappa shape index (κ1) is 61.7. The number of nitrogens with two attached hydrogens (primary N) is 4. The van der Waals surface area contributed by atoms with Gasteiger partial charge in [-0.25, -0.2) is 0 Å². The van der Waals surface area contributed by atoms with E-state index in [1.165, 1.54) is 14.0 Å². The fourth-order valence-corrected chi connectivity index (χ4v) is 8.28. The Kier molecular flexibility index (Phi) is 26.3. The molecule has 75 heavy (non-hydrogen) atoms. The molecule has 3 rings (SSSR count). The smallest absolute Gasteiger partial charge is 0.243 e. The Morgan fingerprint density at radius 1 is 0.573 bits per heavy atom. The van der Waals surface area contributed by atoms with E-state index in [9.17, 15) is 43.2 Å². The van der Waals surface area contributed by atoms with E-state index >= 15 is 0 Å². The maximum Gasteiger partial charge on any atom is 0.243 e. The van der Waals surface area contributed by atoms with Gasteiger partial charge in [-0.2, -0.15) is 0 Å². The minimum atomic E-state index is -1.39. The summed E-state index contributed by atoms with van der Waals surface area (Å²) >= 11 is 0. The summed E-state index contributed by atoms with van der Waals surface area (Å²) in [6.45, 7) is 8.75. The number of carbonyl (C=O) groups excluding carboxylic acids is 9. The van der Waals surface area contributed by atoms with Crippen LogP contribution in [0, 0.1) is 11.8 Å². The second kappa shape index (κ2) is 31.9. The number of likely N-dealkylation sites (N-methyl/N-ethyl adjacent to an activating group) is 1. The number of rotatable bonds is 33. The molecule has 412 valence electrons. The normalized spacial score (nSPS) is 14.7. The van der Waals surface area contributed by atoms with Crippen molar-refractivity contribution in [3.05, 3.63) is 71.9 Å². The van der Waals surface area contributed by atoms with Crippen LogP contribution in [0.3, 0.4) is 0 Å². The van der Waals surface area contributed by atoms with Gasteiger partial charge >= 0.3 is 0 Å². The molecule has 0 spiro atoms. The van der Waals surface area contributed by atoms with E-state index < -0.39 is 107 Å². The third-order valence-electron chi connectivity index (χ3n) is 13.0. The van der Waals surface area contributed by atoms with Crippen LogP contribution in [0.5, 0.6) is 0 Å². The molecule has 0 fully saturated rings. The minimum Gasteiger partial charge on any atom is -0.370 e. The number of hydrogen-bond donors (Lipinski definition) is 13. The lowest BCUT2D eigenvalue weighted by molar-refractivity contribution is -0.137.